The van der Waals surface area contributed by atoms with Gasteiger partial charge in [-0.05, 0) is 55.9 Å². The lowest BCUT2D eigenvalue weighted by molar-refractivity contribution is 0.562. The fourth-order valence-electron chi connectivity index (χ4n) is 3.04. The first-order valence-corrected chi connectivity index (χ1v) is 6.04. The molecule has 2 nitrogen and oxygen atoms in total. The molecule has 3 N–H and O–H groups in total. The Morgan fingerprint density at radius 3 is 2.94 bits per heavy atom. The van der Waals surface area contributed by atoms with Gasteiger partial charge < -0.3 is 10.7 Å². The molecule has 2 aromatic rings. The van der Waals surface area contributed by atoms with E-state index in [0.717, 1.165) is 6.42 Å². The van der Waals surface area contributed by atoms with Gasteiger partial charge >= 0.3 is 0 Å². The van der Waals surface area contributed by atoms with Gasteiger partial charge in [0.25, 0.3) is 0 Å². The Labute approximate surface area is 95.8 Å². The molecular formula is C14H18N2. The van der Waals surface area contributed by atoms with Gasteiger partial charge in [-0.3, -0.25) is 0 Å². The third-order valence-electron chi connectivity index (χ3n) is 3.69. The van der Waals surface area contributed by atoms with E-state index in [4.69, 9.17) is 5.73 Å². The van der Waals surface area contributed by atoms with Crippen molar-refractivity contribution in [1.82, 2.24) is 4.98 Å². The van der Waals surface area contributed by atoms with Crippen LogP contribution >= 0.6 is 0 Å². The van der Waals surface area contributed by atoms with E-state index in [0.29, 0.717) is 0 Å². The van der Waals surface area contributed by atoms with Crippen molar-refractivity contribution in [3.8, 4) is 0 Å². The molecule has 0 aliphatic heterocycles. The molecule has 0 radical (unpaired) electrons. The molecule has 1 unspecified atom stereocenters. The first kappa shape index (κ1) is 9.91. The van der Waals surface area contributed by atoms with Crippen LogP contribution in [0, 0.1) is 13.8 Å². The largest absolute Gasteiger partial charge is 0.357 e. The lowest BCUT2D eigenvalue weighted by Gasteiger charge is -2.18. The molecule has 3 rings (SSSR count). The van der Waals surface area contributed by atoms with Crippen LogP contribution in [-0.4, -0.2) is 4.98 Å². The summed E-state index contributed by atoms with van der Waals surface area (Å²) in [7, 11) is 0. The average Bonchev–Trinajstić information content (AvgIpc) is 2.57. The van der Waals surface area contributed by atoms with Crippen molar-refractivity contribution in [2.45, 2.75) is 39.2 Å². The van der Waals surface area contributed by atoms with Crippen LogP contribution in [0.2, 0.25) is 0 Å². The van der Waals surface area contributed by atoms with Crippen molar-refractivity contribution < 1.29 is 0 Å². The summed E-state index contributed by atoms with van der Waals surface area (Å²) in [5, 5.41) is 1.41. The van der Waals surface area contributed by atoms with Gasteiger partial charge in [-0.2, -0.15) is 0 Å². The zero-order valence-electron chi connectivity index (χ0n) is 9.93. The number of fused-ring (bicyclic) bond motifs is 3. The van der Waals surface area contributed by atoms with Crippen molar-refractivity contribution in [2.75, 3.05) is 0 Å². The summed E-state index contributed by atoms with van der Waals surface area (Å²) in [6.45, 7) is 4.34. The van der Waals surface area contributed by atoms with Crippen LogP contribution in [0.4, 0.5) is 0 Å². The molecule has 84 valence electrons. The van der Waals surface area contributed by atoms with E-state index in [2.05, 4.69) is 31.0 Å². The highest BCUT2D eigenvalue weighted by Crippen LogP contribution is 2.35. The van der Waals surface area contributed by atoms with Crippen LogP contribution in [0.15, 0.2) is 12.1 Å². The number of nitrogens with two attached hydrogens (primary N) is 1. The Hall–Kier alpha value is -1.28. The van der Waals surface area contributed by atoms with E-state index in [9.17, 15) is 0 Å². The molecule has 1 aromatic heterocycles. The van der Waals surface area contributed by atoms with Crippen LogP contribution in [0.25, 0.3) is 10.9 Å². The number of hydrogen-bond acceptors (Lipinski definition) is 1. The quantitative estimate of drug-likeness (QED) is 0.695. The van der Waals surface area contributed by atoms with E-state index in [-0.39, 0.29) is 6.04 Å². The number of aromatic nitrogens is 1. The number of nitrogens with one attached hydrogen (secondary N) is 1. The molecule has 1 aromatic carbocycles. The van der Waals surface area contributed by atoms with Gasteiger partial charge in [-0.1, -0.05) is 6.07 Å². The Balaban J connectivity index is 2.36. The van der Waals surface area contributed by atoms with Crippen LogP contribution in [0.5, 0.6) is 0 Å². The van der Waals surface area contributed by atoms with Crippen molar-refractivity contribution in [2.24, 2.45) is 5.73 Å². The van der Waals surface area contributed by atoms with Gasteiger partial charge in [0.05, 0.1) is 0 Å². The third-order valence-corrected chi connectivity index (χ3v) is 3.69. The van der Waals surface area contributed by atoms with Gasteiger partial charge in [-0.25, -0.2) is 0 Å². The SMILES string of the molecule is Cc1cc(C)c2c3c([nH]c2c1)C(N)CCC3. The molecule has 2 heteroatoms. The van der Waals surface area contributed by atoms with Crippen LogP contribution in [-0.2, 0) is 6.42 Å². The van der Waals surface area contributed by atoms with E-state index in [1.54, 1.807) is 0 Å². The molecular weight excluding hydrogens is 196 g/mol. The Kier molecular flexibility index (Phi) is 2.08. The molecule has 0 spiro atoms. The van der Waals surface area contributed by atoms with Gasteiger partial charge in [0.15, 0.2) is 0 Å². The monoisotopic (exact) mass is 214 g/mol. The van der Waals surface area contributed by atoms with Crippen molar-refractivity contribution >= 4 is 10.9 Å². The fraction of sp³-hybridized carbons (Fsp3) is 0.429. The van der Waals surface area contributed by atoms with E-state index in [1.165, 1.54) is 46.1 Å². The first-order valence-electron chi connectivity index (χ1n) is 6.04. The predicted molar refractivity (Wildman–Crippen MR) is 67.6 cm³/mol. The molecule has 16 heavy (non-hydrogen) atoms. The lowest BCUT2D eigenvalue weighted by Crippen LogP contribution is -2.16. The number of rotatable bonds is 0. The summed E-state index contributed by atoms with van der Waals surface area (Å²) in [6, 6.07) is 4.69. The second-order valence-electron chi connectivity index (χ2n) is 5.02. The number of aryl methyl sites for hydroxylation is 3. The minimum absolute atomic E-state index is 0.204. The second kappa shape index (κ2) is 3.36. The van der Waals surface area contributed by atoms with Crippen LogP contribution in [0.1, 0.15) is 41.3 Å². The number of benzene rings is 1. The Morgan fingerprint density at radius 1 is 1.31 bits per heavy atom. The third kappa shape index (κ3) is 1.30. The number of hydrogen-bond donors (Lipinski definition) is 2. The smallest absolute Gasteiger partial charge is 0.0464 e. The minimum Gasteiger partial charge on any atom is -0.357 e. The topological polar surface area (TPSA) is 41.8 Å². The summed E-state index contributed by atoms with van der Waals surface area (Å²) in [5.74, 6) is 0. The maximum absolute atomic E-state index is 6.17. The zero-order valence-corrected chi connectivity index (χ0v) is 9.93. The molecule has 1 aliphatic rings. The Bertz CT molecular complexity index is 551. The zero-order chi connectivity index (χ0) is 11.3. The van der Waals surface area contributed by atoms with E-state index < -0.39 is 0 Å². The highest BCUT2D eigenvalue weighted by Gasteiger charge is 2.22. The molecule has 0 amide bonds. The highest BCUT2D eigenvalue weighted by molar-refractivity contribution is 5.88. The van der Waals surface area contributed by atoms with Crippen molar-refractivity contribution in [1.29, 1.82) is 0 Å². The van der Waals surface area contributed by atoms with Gasteiger partial charge in [-0.15, -0.1) is 0 Å². The number of H-pyrrole nitrogens is 1. The predicted octanol–water partition coefficient (Wildman–Crippen LogP) is 3.12. The molecule has 0 fully saturated rings. The highest BCUT2D eigenvalue weighted by atomic mass is 14.8. The maximum Gasteiger partial charge on any atom is 0.0464 e. The van der Waals surface area contributed by atoms with E-state index >= 15 is 0 Å². The summed E-state index contributed by atoms with van der Waals surface area (Å²) in [4.78, 5) is 3.52. The fourth-order valence-corrected chi connectivity index (χ4v) is 3.04. The molecule has 1 atom stereocenters. The summed E-state index contributed by atoms with van der Waals surface area (Å²) in [5.41, 5.74) is 12.9. The van der Waals surface area contributed by atoms with Gasteiger partial charge in [0, 0.05) is 22.6 Å². The molecule has 0 saturated heterocycles. The van der Waals surface area contributed by atoms with E-state index in [1.807, 2.05) is 0 Å². The lowest BCUT2D eigenvalue weighted by atomic mass is 9.91. The van der Waals surface area contributed by atoms with Crippen molar-refractivity contribution in [3.05, 3.63) is 34.5 Å². The second-order valence-corrected chi connectivity index (χ2v) is 5.02. The average molecular weight is 214 g/mol. The molecule has 0 bridgehead atoms. The molecule has 1 heterocycles. The molecule has 0 saturated carbocycles. The minimum atomic E-state index is 0.204. The first-order chi connectivity index (χ1) is 7.66. The Morgan fingerprint density at radius 2 is 2.12 bits per heavy atom. The van der Waals surface area contributed by atoms with Gasteiger partial charge in [0.2, 0.25) is 0 Å². The van der Waals surface area contributed by atoms with Crippen LogP contribution < -0.4 is 5.73 Å². The van der Waals surface area contributed by atoms with Crippen LogP contribution in [0.3, 0.4) is 0 Å². The standard InChI is InChI=1S/C14H18N2/c1-8-6-9(2)13-10-4-3-5-11(15)14(10)16-12(13)7-8/h6-7,11,16H,3-5,15H2,1-2H3. The normalized spacial score (nSPS) is 20.1. The molecule has 1 aliphatic carbocycles. The van der Waals surface area contributed by atoms with Crippen molar-refractivity contribution in [3.63, 3.8) is 0 Å². The summed E-state index contributed by atoms with van der Waals surface area (Å²) in [6.07, 6.45) is 3.50. The summed E-state index contributed by atoms with van der Waals surface area (Å²) >= 11 is 0. The maximum atomic E-state index is 6.17. The number of aromatic amines is 1. The summed E-state index contributed by atoms with van der Waals surface area (Å²) < 4.78 is 0. The van der Waals surface area contributed by atoms with Gasteiger partial charge in [0.1, 0.15) is 0 Å².